The molecule has 1 aliphatic rings. The van der Waals surface area contributed by atoms with Gasteiger partial charge in [-0.2, -0.15) is 5.10 Å². The molecule has 0 saturated carbocycles. The van der Waals surface area contributed by atoms with E-state index in [1.165, 1.54) is 4.68 Å². The Balaban J connectivity index is 2.36. The van der Waals surface area contributed by atoms with Gasteiger partial charge in [0.05, 0.1) is 18.4 Å². The highest BCUT2D eigenvalue weighted by Gasteiger charge is 2.24. The van der Waals surface area contributed by atoms with E-state index in [2.05, 4.69) is 16.6 Å². The van der Waals surface area contributed by atoms with Crippen LogP contribution < -0.4 is 16.2 Å². The normalized spacial score (nSPS) is 19.5. The Hall–Kier alpha value is -1.33. The molecule has 6 heteroatoms. The summed E-state index contributed by atoms with van der Waals surface area (Å²) in [6.45, 7) is 5.39. The number of nitrogens with two attached hydrogens (primary N) is 1. The molecular formula is C13H19ClN4O. The van der Waals surface area contributed by atoms with E-state index in [4.69, 9.17) is 17.3 Å². The summed E-state index contributed by atoms with van der Waals surface area (Å²) in [7, 11) is 0. The van der Waals surface area contributed by atoms with Crippen molar-refractivity contribution in [3.63, 3.8) is 0 Å². The summed E-state index contributed by atoms with van der Waals surface area (Å²) in [6, 6.07) is 0.239. The molecular weight excluding hydrogens is 264 g/mol. The monoisotopic (exact) mass is 282 g/mol. The maximum absolute atomic E-state index is 12.1. The highest BCUT2D eigenvalue weighted by Crippen LogP contribution is 2.27. The van der Waals surface area contributed by atoms with Gasteiger partial charge in [-0.3, -0.25) is 4.79 Å². The van der Waals surface area contributed by atoms with E-state index in [0.717, 1.165) is 25.8 Å². The van der Waals surface area contributed by atoms with Crippen LogP contribution in [0, 0.1) is 0 Å². The molecule has 1 aromatic heterocycles. The Morgan fingerprint density at radius 1 is 1.58 bits per heavy atom. The van der Waals surface area contributed by atoms with E-state index in [-0.39, 0.29) is 16.6 Å². The lowest BCUT2D eigenvalue weighted by Crippen LogP contribution is -2.45. The summed E-state index contributed by atoms with van der Waals surface area (Å²) in [5, 5.41) is 4.36. The molecule has 0 spiro atoms. The first kappa shape index (κ1) is 14.1. The molecule has 1 saturated heterocycles. The molecule has 19 heavy (non-hydrogen) atoms. The van der Waals surface area contributed by atoms with Gasteiger partial charge in [-0.05, 0) is 19.3 Å². The number of hydrogen-bond donors (Lipinski definition) is 1. The van der Waals surface area contributed by atoms with Crippen molar-refractivity contribution in [1.82, 2.24) is 9.78 Å². The first-order chi connectivity index (χ1) is 9.19. The van der Waals surface area contributed by atoms with Gasteiger partial charge in [-0.15, -0.1) is 6.58 Å². The average Bonchev–Trinajstić information content (AvgIpc) is 2.44. The van der Waals surface area contributed by atoms with E-state index in [0.29, 0.717) is 18.8 Å². The van der Waals surface area contributed by atoms with Crippen LogP contribution >= 0.6 is 11.6 Å². The molecule has 2 N–H and O–H groups in total. The third-order valence-corrected chi connectivity index (χ3v) is 3.83. The van der Waals surface area contributed by atoms with Crippen molar-refractivity contribution < 1.29 is 0 Å². The second-order valence-corrected chi connectivity index (χ2v) is 5.08. The van der Waals surface area contributed by atoms with Gasteiger partial charge in [0, 0.05) is 19.1 Å². The molecule has 1 atom stereocenters. The van der Waals surface area contributed by atoms with Gasteiger partial charge in [-0.1, -0.05) is 17.7 Å². The number of halogens is 1. The summed E-state index contributed by atoms with van der Waals surface area (Å²) in [4.78, 5) is 14.2. The van der Waals surface area contributed by atoms with Crippen molar-refractivity contribution in [3.05, 3.63) is 34.2 Å². The van der Waals surface area contributed by atoms with Crippen LogP contribution in [-0.2, 0) is 6.54 Å². The smallest absolute Gasteiger partial charge is 0.287 e. The molecule has 0 amide bonds. The highest BCUT2D eigenvalue weighted by molar-refractivity contribution is 6.33. The van der Waals surface area contributed by atoms with Crippen LogP contribution in [0.2, 0.25) is 5.02 Å². The van der Waals surface area contributed by atoms with E-state index < -0.39 is 0 Å². The highest BCUT2D eigenvalue weighted by atomic mass is 35.5. The van der Waals surface area contributed by atoms with Crippen LogP contribution in [0.25, 0.3) is 0 Å². The lowest BCUT2D eigenvalue weighted by molar-refractivity contribution is 0.463. The molecule has 1 unspecified atom stereocenters. The topological polar surface area (TPSA) is 64.2 Å². The Morgan fingerprint density at radius 2 is 2.37 bits per heavy atom. The van der Waals surface area contributed by atoms with Crippen LogP contribution in [0.15, 0.2) is 23.6 Å². The van der Waals surface area contributed by atoms with Gasteiger partial charge in [0.25, 0.3) is 5.56 Å². The van der Waals surface area contributed by atoms with Crippen molar-refractivity contribution in [3.8, 4) is 0 Å². The maximum Gasteiger partial charge on any atom is 0.287 e. The quantitative estimate of drug-likeness (QED) is 0.848. The lowest BCUT2D eigenvalue weighted by Gasteiger charge is -2.37. The average molecular weight is 283 g/mol. The Labute approximate surface area is 117 Å². The fraction of sp³-hybridized carbons (Fsp3) is 0.538. The van der Waals surface area contributed by atoms with Crippen molar-refractivity contribution >= 4 is 17.3 Å². The van der Waals surface area contributed by atoms with E-state index in [1.54, 1.807) is 12.3 Å². The lowest BCUT2D eigenvalue weighted by atomic mass is 10.0. The zero-order valence-electron chi connectivity index (χ0n) is 10.9. The third-order valence-electron chi connectivity index (χ3n) is 3.48. The molecule has 1 aromatic rings. The van der Waals surface area contributed by atoms with Crippen LogP contribution in [0.5, 0.6) is 0 Å². The minimum Gasteiger partial charge on any atom is -0.365 e. The van der Waals surface area contributed by atoms with E-state index in [1.807, 2.05) is 0 Å². The van der Waals surface area contributed by atoms with Gasteiger partial charge in [-0.25, -0.2) is 4.68 Å². The van der Waals surface area contributed by atoms with Gasteiger partial charge >= 0.3 is 0 Å². The number of aromatic nitrogens is 2. The molecule has 1 aliphatic heterocycles. The zero-order chi connectivity index (χ0) is 13.8. The molecule has 2 rings (SSSR count). The minimum absolute atomic E-state index is 0.220. The Bertz CT molecular complexity index is 514. The van der Waals surface area contributed by atoms with Gasteiger partial charge in [0.15, 0.2) is 0 Å². The van der Waals surface area contributed by atoms with Crippen molar-refractivity contribution in [2.45, 2.75) is 31.8 Å². The minimum atomic E-state index is -0.277. The van der Waals surface area contributed by atoms with Crippen molar-refractivity contribution in [1.29, 1.82) is 0 Å². The van der Waals surface area contributed by atoms with E-state index in [9.17, 15) is 4.79 Å². The van der Waals surface area contributed by atoms with Gasteiger partial charge < -0.3 is 10.6 Å². The first-order valence-electron chi connectivity index (χ1n) is 6.52. The van der Waals surface area contributed by atoms with Crippen LogP contribution in [0.4, 0.5) is 5.69 Å². The maximum atomic E-state index is 12.1. The van der Waals surface area contributed by atoms with Crippen molar-refractivity contribution in [2.24, 2.45) is 5.73 Å². The molecule has 104 valence electrons. The summed E-state index contributed by atoms with van der Waals surface area (Å²) in [5.41, 5.74) is 6.21. The van der Waals surface area contributed by atoms with Crippen LogP contribution in [-0.4, -0.2) is 28.9 Å². The second kappa shape index (κ2) is 6.21. The molecule has 1 fully saturated rings. The fourth-order valence-corrected chi connectivity index (χ4v) is 2.73. The predicted molar refractivity (Wildman–Crippen MR) is 77.7 cm³/mol. The summed E-state index contributed by atoms with van der Waals surface area (Å²) in [6.07, 6.45) is 6.55. The van der Waals surface area contributed by atoms with Crippen LogP contribution in [0.1, 0.15) is 19.3 Å². The number of piperidine rings is 1. The Kier molecular flexibility index (Phi) is 4.61. The molecule has 0 aliphatic carbocycles. The predicted octanol–water partition coefficient (Wildman–Crippen LogP) is 1.40. The van der Waals surface area contributed by atoms with Crippen LogP contribution in [0.3, 0.4) is 0 Å². The molecule has 5 nitrogen and oxygen atoms in total. The number of allylic oxidation sites excluding steroid dienone is 1. The molecule has 0 radical (unpaired) electrons. The number of hydrogen-bond acceptors (Lipinski definition) is 4. The van der Waals surface area contributed by atoms with Crippen molar-refractivity contribution in [2.75, 3.05) is 18.0 Å². The van der Waals surface area contributed by atoms with Gasteiger partial charge in [0.1, 0.15) is 5.02 Å². The molecule has 0 bridgehead atoms. The number of nitrogens with zero attached hydrogens (tertiary/aromatic N) is 3. The second-order valence-electron chi connectivity index (χ2n) is 4.70. The molecule has 2 heterocycles. The summed E-state index contributed by atoms with van der Waals surface area (Å²) < 4.78 is 1.31. The largest absolute Gasteiger partial charge is 0.365 e. The van der Waals surface area contributed by atoms with Gasteiger partial charge in [0.2, 0.25) is 0 Å². The Morgan fingerprint density at radius 3 is 3.05 bits per heavy atom. The fourth-order valence-electron chi connectivity index (χ4n) is 2.47. The standard InChI is InChI=1S/C13H19ClN4O/c1-2-6-18-13(19)12(14)11(9-16-18)17-7-4-3-5-10(17)8-15/h2,9-10H,1,3-8,15H2. The zero-order valence-corrected chi connectivity index (χ0v) is 11.6. The SMILES string of the molecule is C=CCn1ncc(N2CCCCC2CN)c(Cl)c1=O. The first-order valence-corrected chi connectivity index (χ1v) is 6.90. The van der Waals surface area contributed by atoms with E-state index >= 15 is 0 Å². The summed E-state index contributed by atoms with van der Waals surface area (Å²) in [5.74, 6) is 0. The third kappa shape index (κ3) is 2.82. The number of rotatable bonds is 4. The summed E-state index contributed by atoms with van der Waals surface area (Å²) >= 11 is 6.20. The molecule has 0 aromatic carbocycles. The number of anilines is 1.